The van der Waals surface area contributed by atoms with Crippen molar-refractivity contribution in [2.45, 2.75) is 18.9 Å². The van der Waals surface area contributed by atoms with E-state index in [0.29, 0.717) is 32.0 Å². The van der Waals surface area contributed by atoms with Gasteiger partial charge in [0.25, 0.3) is 0 Å². The Hall–Kier alpha value is -1.40. The monoisotopic (exact) mass is 308 g/mol. The molecule has 0 aromatic heterocycles. The van der Waals surface area contributed by atoms with E-state index in [0.717, 1.165) is 12.0 Å². The van der Waals surface area contributed by atoms with Gasteiger partial charge in [0.1, 0.15) is 0 Å². The summed E-state index contributed by atoms with van der Waals surface area (Å²) in [6, 6.07) is 9.63. The summed E-state index contributed by atoms with van der Waals surface area (Å²) in [6.45, 7) is 1.81. The molecule has 2 saturated heterocycles. The molecule has 2 heterocycles. The Kier molecular flexibility index (Phi) is 3.75. The Morgan fingerprint density at radius 1 is 1.24 bits per heavy atom. The number of carbonyl (C=O) groups excluding carboxylic acids is 1. The summed E-state index contributed by atoms with van der Waals surface area (Å²) in [5.74, 6) is 0.378. The third kappa shape index (κ3) is 2.96. The van der Waals surface area contributed by atoms with Crippen molar-refractivity contribution >= 4 is 15.9 Å². The Morgan fingerprint density at radius 2 is 1.95 bits per heavy atom. The highest BCUT2D eigenvalue weighted by Gasteiger charge is 2.45. The first-order valence-electron chi connectivity index (χ1n) is 7.23. The van der Waals surface area contributed by atoms with Crippen LogP contribution < -0.4 is 0 Å². The fraction of sp³-hybridized carbons (Fsp3) is 0.533. The van der Waals surface area contributed by atoms with Crippen LogP contribution in [0.2, 0.25) is 0 Å². The summed E-state index contributed by atoms with van der Waals surface area (Å²) in [5, 5.41) is 0. The van der Waals surface area contributed by atoms with Crippen molar-refractivity contribution in [1.29, 1.82) is 0 Å². The predicted octanol–water partition coefficient (Wildman–Crippen LogP) is 0.721. The van der Waals surface area contributed by atoms with Crippen molar-refractivity contribution in [1.82, 2.24) is 9.21 Å². The van der Waals surface area contributed by atoms with E-state index >= 15 is 0 Å². The Balaban J connectivity index is 1.66. The molecule has 2 aliphatic heterocycles. The molecule has 0 N–H and O–H groups in total. The number of amides is 1. The maximum atomic E-state index is 12.4. The van der Waals surface area contributed by atoms with E-state index in [-0.39, 0.29) is 11.9 Å². The zero-order chi connectivity index (χ0) is 15.0. The van der Waals surface area contributed by atoms with Crippen LogP contribution in [0.1, 0.15) is 12.0 Å². The van der Waals surface area contributed by atoms with Crippen molar-refractivity contribution in [3.8, 4) is 0 Å². The van der Waals surface area contributed by atoms with E-state index in [9.17, 15) is 13.2 Å². The molecule has 1 aromatic rings. The summed E-state index contributed by atoms with van der Waals surface area (Å²) in [6.07, 6.45) is 2.50. The number of rotatable bonds is 3. The van der Waals surface area contributed by atoms with Gasteiger partial charge in [0.2, 0.25) is 15.9 Å². The molecular formula is C15H20N2O3S. The smallest absolute Gasteiger partial charge is 0.227 e. The van der Waals surface area contributed by atoms with Gasteiger partial charge in [-0.1, -0.05) is 30.3 Å². The second-order valence-corrected chi connectivity index (χ2v) is 7.89. The minimum Gasteiger partial charge on any atom is -0.340 e. The van der Waals surface area contributed by atoms with Crippen LogP contribution in [-0.2, 0) is 21.2 Å². The number of hydrogen-bond donors (Lipinski definition) is 0. The molecule has 21 heavy (non-hydrogen) atoms. The minimum absolute atomic E-state index is 0.0280. The SMILES string of the molecule is CS(=O)(=O)N1CC[C@@H]2CN(C(=O)Cc3ccccc3)C[C@@H]21. The van der Waals surface area contributed by atoms with Crippen molar-refractivity contribution < 1.29 is 13.2 Å². The topological polar surface area (TPSA) is 57.7 Å². The van der Waals surface area contributed by atoms with Gasteiger partial charge in [-0.05, 0) is 17.9 Å². The lowest BCUT2D eigenvalue weighted by molar-refractivity contribution is -0.129. The Bertz CT molecular complexity index is 630. The van der Waals surface area contributed by atoms with Crippen LogP contribution in [0.15, 0.2) is 30.3 Å². The fourth-order valence-electron chi connectivity index (χ4n) is 3.42. The summed E-state index contributed by atoms with van der Waals surface area (Å²) in [4.78, 5) is 14.2. The average molecular weight is 308 g/mol. The molecule has 6 heteroatoms. The predicted molar refractivity (Wildman–Crippen MR) is 80.2 cm³/mol. The fourth-order valence-corrected chi connectivity index (χ4v) is 4.59. The third-order valence-electron chi connectivity index (χ3n) is 4.47. The number of likely N-dealkylation sites (tertiary alicyclic amines) is 1. The van der Waals surface area contributed by atoms with Crippen LogP contribution >= 0.6 is 0 Å². The molecule has 0 unspecified atom stereocenters. The molecule has 0 bridgehead atoms. The number of carbonyl (C=O) groups is 1. The van der Waals surface area contributed by atoms with E-state index in [1.807, 2.05) is 35.2 Å². The highest BCUT2D eigenvalue weighted by molar-refractivity contribution is 7.88. The van der Waals surface area contributed by atoms with Crippen LogP contribution in [0.3, 0.4) is 0 Å². The number of nitrogens with zero attached hydrogens (tertiary/aromatic N) is 2. The molecule has 0 saturated carbocycles. The lowest BCUT2D eigenvalue weighted by atomic mass is 10.1. The van der Waals surface area contributed by atoms with Gasteiger partial charge in [-0.15, -0.1) is 0 Å². The quantitative estimate of drug-likeness (QED) is 0.827. The van der Waals surface area contributed by atoms with Crippen LogP contribution in [0.5, 0.6) is 0 Å². The second-order valence-electron chi connectivity index (χ2n) is 5.95. The van der Waals surface area contributed by atoms with Gasteiger partial charge < -0.3 is 4.90 Å². The zero-order valence-corrected chi connectivity index (χ0v) is 12.9. The molecule has 1 amide bonds. The Labute approximate surface area is 125 Å². The number of hydrogen-bond acceptors (Lipinski definition) is 3. The molecule has 5 nitrogen and oxygen atoms in total. The third-order valence-corrected chi connectivity index (χ3v) is 5.78. The largest absolute Gasteiger partial charge is 0.340 e. The zero-order valence-electron chi connectivity index (χ0n) is 12.1. The molecule has 0 aliphatic carbocycles. The van der Waals surface area contributed by atoms with Gasteiger partial charge in [-0.3, -0.25) is 4.79 Å². The highest BCUT2D eigenvalue weighted by atomic mass is 32.2. The average Bonchev–Trinajstić information content (AvgIpc) is 2.97. The van der Waals surface area contributed by atoms with Gasteiger partial charge in [0, 0.05) is 25.7 Å². The van der Waals surface area contributed by atoms with Gasteiger partial charge in [0.05, 0.1) is 12.7 Å². The van der Waals surface area contributed by atoms with Crippen LogP contribution in [0, 0.1) is 5.92 Å². The lowest BCUT2D eigenvalue weighted by Gasteiger charge is -2.22. The highest BCUT2D eigenvalue weighted by Crippen LogP contribution is 2.33. The molecule has 2 aliphatic rings. The van der Waals surface area contributed by atoms with Gasteiger partial charge in [0.15, 0.2) is 0 Å². The standard InChI is InChI=1S/C15H20N2O3S/c1-21(19,20)17-8-7-13-10-16(11-14(13)17)15(18)9-12-5-3-2-4-6-12/h2-6,13-14H,7-11H2,1H3/t13-,14+/m1/s1. The van der Waals surface area contributed by atoms with E-state index in [1.165, 1.54) is 6.26 Å². The summed E-state index contributed by atoms with van der Waals surface area (Å²) in [7, 11) is -3.17. The molecule has 2 atom stereocenters. The molecule has 0 radical (unpaired) electrons. The van der Waals surface area contributed by atoms with E-state index in [4.69, 9.17) is 0 Å². The molecule has 1 aromatic carbocycles. The normalized spacial score (nSPS) is 26.0. The lowest BCUT2D eigenvalue weighted by Crippen LogP contribution is -2.40. The maximum Gasteiger partial charge on any atom is 0.227 e. The van der Waals surface area contributed by atoms with Crippen molar-refractivity contribution in [3.63, 3.8) is 0 Å². The molecule has 0 spiro atoms. The van der Waals surface area contributed by atoms with E-state index in [2.05, 4.69) is 0 Å². The van der Waals surface area contributed by atoms with Crippen molar-refractivity contribution in [2.24, 2.45) is 5.92 Å². The summed E-state index contributed by atoms with van der Waals surface area (Å²) in [5.41, 5.74) is 1.000. The summed E-state index contributed by atoms with van der Waals surface area (Å²) >= 11 is 0. The number of fused-ring (bicyclic) bond motifs is 1. The van der Waals surface area contributed by atoms with Crippen LogP contribution in [-0.4, -0.2) is 55.5 Å². The summed E-state index contributed by atoms with van der Waals surface area (Å²) < 4.78 is 25.1. The first-order chi connectivity index (χ1) is 9.95. The Morgan fingerprint density at radius 3 is 2.62 bits per heavy atom. The van der Waals surface area contributed by atoms with Gasteiger partial charge >= 0.3 is 0 Å². The molecule has 114 valence electrons. The van der Waals surface area contributed by atoms with Gasteiger partial charge in [-0.25, -0.2) is 8.42 Å². The van der Waals surface area contributed by atoms with Crippen molar-refractivity contribution in [3.05, 3.63) is 35.9 Å². The number of benzene rings is 1. The molecule has 2 fully saturated rings. The van der Waals surface area contributed by atoms with Crippen LogP contribution in [0.4, 0.5) is 0 Å². The molecular weight excluding hydrogens is 288 g/mol. The maximum absolute atomic E-state index is 12.4. The molecule has 3 rings (SSSR count). The van der Waals surface area contributed by atoms with E-state index in [1.54, 1.807) is 4.31 Å². The van der Waals surface area contributed by atoms with Gasteiger partial charge in [-0.2, -0.15) is 4.31 Å². The first kappa shape index (κ1) is 14.5. The first-order valence-corrected chi connectivity index (χ1v) is 9.08. The second kappa shape index (κ2) is 5.42. The number of sulfonamides is 1. The minimum atomic E-state index is -3.17. The van der Waals surface area contributed by atoms with E-state index < -0.39 is 10.0 Å². The van der Waals surface area contributed by atoms with Crippen LogP contribution in [0.25, 0.3) is 0 Å². The van der Waals surface area contributed by atoms with Crippen molar-refractivity contribution in [2.75, 3.05) is 25.9 Å².